The molecule has 0 heterocycles. The highest BCUT2D eigenvalue weighted by molar-refractivity contribution is 5.97. The molecular weight excluding hydrogens is 316 g/mol. The number of ketones is 1. The Morgan fingerprint density at radius 1 is 0.654 bits per heavy atom. The third-order valence-corrected chi connectivity index (χ3v) is 5.34. The van der Waals surface area contributed by atoms with Crippen LogP contribution in [0.1, 0.15) is 126 Å². The van der Waals surface area contributed by atoms with E-state index in [-0.39, 0.29) is 0 Å². The normalized spacial score (nSPS) is 11.0. The molecule has 0 bridgehead atoms. The van der Waals surface area contributed by atoms with Gasteiger partial charge in [0, 0.05) is 12.0 Å². The largest absolute Gasteiger partial charge is 0.294 e. The van der Waals surface area contributed by atoms with Gasteiger partial charge in [-0.3, -0.25) is 4.79 Å². The van der Waals surface area contributed by atoms with Crippen molar-refractivity contribution in [3.63, 3.8) is 0 Å². The predicted molar refractivity (Wildman–Crippen MR) is 115 cm³/mol. The van der Waals surface area contributed by atoms with Crippen LogP contribution in [0.2, 0.25) is 0 Å². The summed E-state index contributed by atoms with van der Waals surface area (Å²) in [5.74, 6) is 0.345. The van der Waals surface area contributed by atoms with E-state index in [2.05, 4.69) is 19.9 Å². The molecule has 1 nitrogen and oxygen atoms in total. The molecule has 0 radical (unpaired) electrons. The Kier molecular flexibility index (Phi) is 14.2. The van der Waals surface area contributed by atoms with Crippen LogP contribution in [0.25, 0.3) is 0 Å². The molecule has 0 amide bonds. The van der Waals surface area contributed by atoms with E-state index in [0.717, 1.165) is 31.2 Å². The Morgan fingerprint density at radius 2 is 1.15 bits per heavy atom. The van der Waals surface area contributed by atoms with E-state index in [9.17, 15) is 4.79 Å². The highest BCUT2D eigenvalue weighted by Crippen LogP contribution is 2.17. The number of Topliss-reactive ketones (excluding diaryl/α,β-unsaturated/α-hetero) is 1. The topological polar surface area (TPSA) is 17.1 Å². The van der Waals surface area contributed by atoms with E-state index < -0.39 is 0 Å². The number of rotatable bonds is 17. The standard InChI is InChI=1S/C25H42O/c1-3-5-6-7-8-9-10-11-12-13-14-15-16-22-25(26)24-21-18-17-20-23(24)19-4-2/h17-18,20-21H,3-16,19,22H2,1-2H3. The van der Waals surface area contributed by atoms with Gasteiger partial charge in [0.25, 0.3) is 0 Å². The lowest BCUT2D eigenvalue weighted by Crippen LogP contribution is -2.03. The van der Waals surface area contributed by atoms with Gasteiger partial charge in [-0.05, 0) is 18.4 Å². The lowest BCUT2D eigenvalue weighted by atomic mass is 9.96. The fourth-order valence-electron chi connectivity index (χ4n) is 3.72. The highest BCUT2D eigenvalue weighted by atomic mass is 16.1. The molecule has 0 saturated heterocycles. The molecule has 26 heavy (non-hydrogen) atoms. The first-order chi connectivity index (χ1) is 12.8. The van der Waals surface area contributed by atoms with Crippen LogP contribution in [-0.2, 0) is 6.42 Å². The van der Waals surface area contributed by atoms with Crippen molar-refractivity contribution in [3.8, 4) is 0 Å². The summed E-state index contributed by atoms with van der Waals surface area (Å²) < 4.78 is 0. The minimum atomic E-state index is 0.345. The molecule has 0 unspecified atom stereocenters. The maximum absolute atomic E-state index is 12.4. The van der Waals surface area contributed by atoms with E-state index in [1.54, 1.807) is 0 Å². The van der Waals surface area contributed by atoms with Crippen LogP contribution in [0.4, 0.5) is 0 Å². The Hall–Kier alpha value is -1.11. The first-order valence-electron chi connectivity index (χ1n) is 11.4. The van der Waals surface area contributed by atoms with Crippen LogP contribution in [0.15, 0.2) is 24.3 Å². The predicted octanol–water partition coefficient (Wildman–Crippen LogP) is 8.30. The summed E-state index contributed by atoms with van der Waals surface area (Å²) in [6, 6.07) is 8.17. The van der Waals surface area contributed by atoms with Crippen molar-refractivity contribution in [1.82, 2.24) is 0 Å². The fraction of sp³-hybridized carbons (Fsp3) is 0.720. The molecule has 0 aromatic heterocycles. The number of benzene rings is 1. The van der Waals surface area contributed by atoms with Gasteiger partial charge in [-0.1, -0.05) is 122 Å². The summed E-state index contributed by atoms with van der Waals surface area (Å²) in [5.41, 5.74) is 2.20. The second-order valence-corrected chi connectivity index (χ2v) is 7.82. The number of hydrogen-bond donors (Lipinski definition) is 0. The summed E-state index contributed by atoms with van der Waals surface area (Å²) >= 11 is 0. The Labute approximate surface area is 163 Å². The van der Waals surface area contributed by atoms with Gasteiger partial charge >= 0.3 is 0 Å². The van der Waals surface area contributed by atoms with Crippen molar-refractivity contribution in [2.45, 2.75) is 117 Å². The second kappa shape index (κ2) is 16.1. The average molecular weight is 359 g/mol. The monoisotopic (exact) mass is 358 g/mol. The van der Waals surface area contributed by atoms with Crippen molar-refractivity contribution < 1.29 is 4.79 Å². The van der Waals surface area contributed by atoms with Crippen molar-refractivity contribution in [2.24, 2.45) is 0 Å². The van der Waals surface area contributed by atoms with Gasteiger partial charge in [0.05, 0.1) is 0 Å². The van der Waals surface area contributed by atoms with Gasteiger partial charge in [-0.2, -0.15) is 0 Å². The lowest BCUT2D eigenvalue weighted by molar-refractivity contribution is 0.0978. The number of hydrogen-bond acceptors (Lipinski definition) is 1. The number of carbonyl (C=O) groups excluding carboxylic acids is 1. The van der Waals surface area contributed by atoms with E-state index in [1.165, 1.54) is 82.6 Å². The van der Waals surface area contributed by atoms with Gasteiger partial charge in [-0.15, -0.1) is 0 Å². The first kappa shape index (κ1) is 22.9. The van der Waals surface area contributed by atoms with E-state index in [4.69, 9.17) is 0 Å². The molecule has 1 rings (SSSR count). The zero-order chi connectivity index (χ0) is 18.9. The summed E-state index contributed by atoms with van der Waals surface area (Å²) in [4.78, 5) is 12.4. The summed E-state index contributed by atoms with van der Waals surface area (Å²) in [7, 11) is 0. The summed E-state index contributed by atoms with van der Waals surface area (Å²) in [5, 5.41) is 0. The Bertz CT molecular complexity index is 463. The zero-order valence-corrected chi connectivity index (χ0v) is 17.5. The minimum Gasteiger partial charge on any atom is -0.294 e. The number of aryl methyl sites for hydroxylation is 1. The van der Waals surface area contributed by atoms with Crippen LogP contribution in [0.5, 0.6) is 0 Å². The molecule has 0 atom stereocenters. The molecule has 1 heteroatoms. The third-order valence-electron chi connectivity index (χ3n) is 5.34. The number of carbonyl (C=O) groups is 1. The highest BCUT2D eigenvalue weighted by Gasteiger charge is 2.09. The van der Waals surface area contributed by atoms with Crippen molar-refractivity contribution in [3.05, 3.63) is 35.4 Å². The molecule has 0 aliphatic heterocycles. The first-order valence-corrected chi connectivity index (χ1v) is 11.4. The fourth-order valence-corrected chi connectivity index (χ4v) is 3.72. The maximum atomic E-state index is 12.4. The Morgan fingerprint density at radius 3 is 1.69 bits per heavy atom. The quantitative estimate of drug-likeness (QED) is 0.202. The second-order valence-electron chi connectivity index (χ2n) is 7.82. The molecular formula is C25H42O. The van der Waals surface area contributed by atoms with Crippen LogP contribution in [-0.4, -0.2) is 5.78 Å². The SMILES string of the molecule is CCCCCCCCCCCCCCCC(=O)c1ccccc1CCC. The van der Waals surface area contributed by atoms with Gasteiger partial charge in [0.1, 0.15) is 0 Å². The molecule has 0 spiro atoms. The molecule has 0 aliphatic carbocycles. The van der Waals surface area contributed by atoms with Gasteiger partial charge in [0.15, 0.2) is 5.78 Å². The van der Waals surface area contributed by atoms with Crippen LogP contribution in [0.3, 0.4) is 0 Å². The molecule has 0 aliphatic rings. The molecule has 1 aromatic rings. The summed E-state index contributed by atoms with van der Waals surface area (Å²) in [6.07, 6.45) is 20.4. The van der Waals surface area contributed by atoms with Crippen LogP contribution in [0, 0.1) is 0 Å². The van der Waals surface area contributed by atoms with Gasteiger partial charge in [-0.25, -0.2) is 0 Å². The molecule has 0 saturated carbocycles. The van der Waals surface area contributed by atoms with E-state index in [1.807, 2.05) is 18.2 Å². The maximum Gasteiger partial charge on any atom is 0.163 e. The van der Waals surface area contributed by atoms with Crippen molar-refractivity contribution in [2.75, 3.05) is 0 Å². The van der Waals surface area contributed by atoms with Crippen LogP contribution >= 0.6 is 0 Å². The zero-order valence-electron chi connectivity index (χ0n) is 17.5. The van der Waals surface area contributed by atoms with E-state index in [0.29, 0.717) is 5.78 Å². The minimum absolute atomic E-state index is 0.345. The smallest absolute Gasteiger partial charge is 0.163 e. The van der Waals surface area contributed by atoms with E-state index >= 15 is 0 Å². The molecule has 0 N–H and O–H groups in total. The molecule has 0 fully saturated rings. The van der Waals surface area contributed by atoms with Crippen LogP contribution < -0.4 is 0 Å². The summed E-state index contributed by atoms with van der Waals surface area (Å²) in [6.45, 7) is 4.45. The average Bonchev–Trinajstić information content (AvgIpc) is 2.66. The lowest BCUT2D eigenvalue weighted by Gasteiger charge is -2.07. The number of unbranched alkanes of at least 4 members (excludes halogenated alkanes) is 12. The van der Waals surface area contributed by atoms with Crippen molar-refractivity contribution >= 4 is 5.78 Å². The Balaban J connectivity index is 1.98. The third kappa shape index (κ3) is 10.8. The van der Waals surface area contributed by atoms with Crippen molar-refractivity contribution in [1.29, 1.82) is 0 Å². The van der Waals surface area contributed by atoms with Gasteiger partial charge in [0.2, 0.25) is 0 Å². The molecule has 148 valence electrons. The van der Waals surface area contributed by atoms with Gasteiger partial charge < -0.3 is 0 Å². The molecule has 1 aromatic carbocycles.